The number of rotatable bonds is 60. The lowest BCUT2D eigenvalue weighted by Crippen LogP contribution is -2.30. The van der Waals surface area contributed by atoms with Gasteiger partial charge in [0.1, 0.15) is 13.2 Å². The standard InChI is InChI=1S/C66H124O6/c1-4-7-10-13-16-19-22-25-27-28-29-30-31-32-33-34-35-36-37-38-39-42-44-47-50-53-56-59-65(68)71-62-63(61-70-64(67)58-55-52-49-46-43-40-24-21-18-15-12-9-6-3)72-66(69)60-57-54-51-48-45-41-26-23-20-17-14-11-8-5-2/h21,23-24,26,63H,4-20,22,25,27-62H2,1-3H3/b24-21-,26-23-. The number of esters is 3. The summed E-state index contributed by atoms with van der Waals surface area (Å²) in [6.45, 7) is 6.66. The number of allylic oxidation sites excluding steroid dienone is 4. The van der Waals surface area contributed by atoms with E-state index in [4.69, 9.17) is 14.2 Å². The molecule has 0 N–H and O–H groups in total. The van der Waals surface area contributed by atoms with Crippen LogP contribution in [0.1, 0.15) is 361 Å². The van der Waals surface area contributed by atoms with E-state index in [-0.39, 0.29) is 31.1 Å². The highest BCUT2D eigenvalue weighted by Gasteiger charge is 2.19. The van der Waals surface area contributed by atoms with Gasteiger partial charge in [0.15, 0.2) is 6.10 Å². The van der Waals surface area contributed by atoms with Crippen LogP contribution in [0.25, 0.3) is 0 Å². The highest BCUT2D eigenvalue weighted by Crippen LogP contribution is 2.18. The van der Waals surface area contributed by atoms with Crippen LogP contribution in [0, 0.1) is 0 Å². The van der Waals surface area contributed by atoms with Crippen LogP contribution in [0.4, 0.5) is 0 Å². The molecule has 0 radical (unpaired) electrons. The van der Waals surface area contributed by atoms with Gasteiger partial charge in [0.2, 0.25) is 0 Å². The van der Waals surface area contributed by atoms with E-state index in [0.29, 0.717) is 19.3 Å². The van der Waals surface area contributed by atoms with Gasteiger partial charge in [-0.3, -0.25) is 14.4 Å². The summed E-state index contributed by atoms with van der Waals surface area (Å²) in [4.78, 5) is 38.2. The molecule has 0 saturated carbocycles. The number of ether oxygens (including phenoxy) is 3. The van der Waals surface area contributed by atoms with Gasteiger partial charge in [-0.15, -0.1) is 0 Å². The molecule has 0 aliphatic heterocycles. The number of hydrogen-bond acceptors (Lipinski definition) is 6. The van der Waals surface area contributed by atoms with Crippen LogP contribution < -0.4 is 0 Å². The Labute approximate surface area is 449 Å². The number of unbranched alkanes of at least 4 members (excludes halogenated alkanes) is 45. The summed E-state index contributed by atoms with van der Waals surface area (Å²) in [5.74, 6) is -0.868. The quantitative estimate of drug-likeness (QED) is 0.0261. The normalized spacial score (nSPS) is 12.1. The summed E-state index contributed by atoms with van der Waals surface area (Å²) in [6, 6.07) is 0. The monoisotopic (exact) mass is 1010 g/mol. The second-order valence-corrected chi connectivity index (χ2v) is 22.0. The van der Waals surface area contributed by atoms with E-state index in [2.05, 4.69) is 45.1 Å². The average Bonchev–Trinajstić information content (AvgIpc) is 3.38. The summed E-state index contributed by atoms with van der Waals surface area (Å²) in [7, 11) is 0. The Morgan fingerprint density at radius 3 is 0.708 bits per heavy atom. The van der Waals surface area contributed by atoms with Gasteiger partial charge < -0.3 is 14.2 Å². The Hall–Kier alpha value is -2.11. The maximum absolute atomic E-state index is 12.9. The van der Waals surface area contributed by atoms with E-state index in [0.717, 1.165) is 70.6 Å². The zero-order valence-corrected chi connectivity index (χ0v) is 48.7. The van der Waals surface area contributed by atoms with Crippen molar-refractivity contribution in [2.45, 2.75) is 367 Å². The second-order valence-electron chi connectivity index (χ2n) is 22.0. The zero-order chi connectivity index (χ0) is 52.2. The third-order valence-electron chi connectivity index (χ3n) is 14.7. The fourth-order valence-corrected chi connectivity index (χ4v) is 9.79. The molecule has 0 aromatic carbocycles. The molecule has 0 amide bonds. The van der Waals surface area contributed by atoms with E-state index in [1.165, 1.54) is 250 Å². The molecule has 424 valence electrons. The molecule has 0 bridgehead atoms. The molecule has 6 nitrogen and oxygen atoms in total. The lowest BCUT2D eigenvalue weighted by molar-refractivity contribution is -0.167. The first-order chi connectivity index (χ1) is 35.5. The molecule has 0 rings (SSSR count). The van der Waals surface area contributed by atoms with Crippen molar-refractivity contribution >= 4 is 17.9 Å². The van der Waals surface area contributed by atoms with Crippen molar-refractivity contribution in [1.29, 1.82) is 0 Å². The van der Waals surface area contributed by atoms with Crippen molar-refractivity contribution in [3.05, 3.63) is 24.3 Å². The molecule has 1 unspecified atom stereocenters. The van der Waals surface area contributed by atoms with Crippen molar-refractivity contribution in [2.24, 2.45) is 0 Å². The van der Waals surface area contributed by atoms with Crippen molar-refractivity contribution in [1.82, 2.24) is 0 Å². The molecule has 72 heavy (non-hydrogen) atoms. The summed E-state index contributed by atoms with van der Waals surface area (Å²) in [5.41, 5.74) is 0. The minimum Gasteiger partial charge on any atom is -0.462 e. The van der Waals surface area contributed by atoms with Crippen LogP contribution in [-0.2, 0) is 28.6 Å². The number of carbonyl (C=O) groups is 3. The van der Waals surface area contributed by atoms with Crippen molar-refractivity contribution in [3.63, 3.8) is 0 Å². The first-order valence-electron chi connectivity index (χ1n) is 32.3. The van der Waals surface area contributed by atoms with Crippen LogP contribution in [-0.4, -0.2) is 37.2 Å². The molecule has 0 saturated heterocycles. The first kappa shape index (κ1) is 69.9. The lowest BCUT2D eigenvalue weighted by atomic mass is 10.0. The van der Waals surface area contributed by atoms with E-state index in [1.807, 2.05) is 0 Å². The van der Waals surface area contributed by atoms with E-state index >= 15 is 0 Å². The van der Waals surface area contributed by atoms with Gasteiger partial charge in [0, 0.05) is 19.3 Å². The van der Waals surface area contributed by atoms with Gasteiger partial charge in [-0.25, -0.2) is 0 Å². The fourth-order valence-electron chi connectivity index (χ4n) is 9.79. The summed E-state index contributed by atoms with van der Waals surface area (Å²) in [5, 5.41) is 0. The van der Waals surface area contributed by atoms with E-state index in [9.17, 15) is 14.4 Å². The highest BCUT2D eigenvalue weighted by atomic mass is 16.6. The second kappa shape index (κ2) is 61.4. The molecular weight excluding hydrogens is 889 g/mol. The Morgan fingerprint density at radius 1 is 0.264 bits per heavy atom. The Morgan fingerprint density at radius 2 is 0.458 bits per heavy atom. The molecule has 0 heterocycles. The molecule has 6 heteroatoms. The average molecular weight is 1010 g/mol. The van der Waals surface area contributed by atoms with Crippen molar-refractivity contribution in [2.75, 3.05) is 13.2 Å². The van der Waals surface area contributed by atoms with Gasteiger partial charge in [-0.2, -0.15) is 0 Å². The first-order valence-corrected chi connectivity index (χ1v) is 32.3. The van der Waals surface area contributed by atoms with Crippen molar-refractivity contribution in [3.8, 4) is 0 Å². The van der Waals surface area contributed by atoms with Gasteiger partial charge in [-0.1, -0.05) is 295 Å². The molecule has 0 aliphatic rings. The molecular formula is C66H124O6. The van der Waals surface area contributed by atoms with Crippen LogP contribution >= 0.6 is 0 Å². The van der Waals surface area contributed by atoms with Crippen LogP contribution in [0.15, 0.2) is 24.3 Å². The molecule has 0 aromatic rings. The summed E-state index contributed by atoms with van der Waals surface area (Å²) >= 11 is 0. The SMILES string of the molecule is CCCCCC/C=C\CCCCCCCC(=O)OCC(COC(=O)CCCCCCCCCCCCCCCCCCCCCCCCCCCCC)OC(=O)CCCCCCC/C=C\CCCCCCC. The number of carbonyl (C=O) groups excluding carboxylic acids is 3. The zero-order valence-electron chi connectivity index (χ0n) is 48.7. The largest absolute Gasteiger partial charge is 0.462 e. The van der Waals surface area contributed by atoms with E-state index in [1.54, 1.807) is 0 Å². The third-order valence-corrected chi connectivity index (χ3v) is 14.7. The van der Waals surface area contributed by atoms with Gasteiger partial charge >= 0.3 is 17.9 Å². The van der Waals surface area contributed by atoms with Crippen molar-refractivity contribution < 1.29 is 28.6 Å². The summed E-state index contributed by atoms with van der Waals surface area (Å²) < 4.78 is 16.9. The molecule has 0 aliphatic carbocycles. The van der Waals surface area contributed by atoms with Gasteiger partial charge in [0.25, 0.3) is 0 Å². The predicted molar refractivity (Wildman–Crippen MR) is 312 cm³/mol. The van der Waals surface area contributed by atoms with Gasteiger partial charge in [-0.05, 0) is 70.6 Å². The lowest BCUT2D eigenvalue weighted by Gasteiger charge is -2.18. The Kier molecular flexibility index (Phi) is 59.6. The number of hydrogen-bond donors (Lipinski definition) is 0. The van der Waals surface area contributed by atoms with Crippen LogP contribution in [0.2, 0.25) is 0 Å². The minimum absolute atomic E-state index is 0.0726. The fraction of sp³-hybridized carbons (Fsp3) is 0.894. The van der Waals surface area contributed by atoms with Crippen LogP contribution in [0.5, 0.6) is 0 Å². The predicted octanol–water partition coefficient (Wildman–Crippen LogP) is 21.8. The molecule has 0 fully saturated rings. The molecule has 1 atom stereocenters. The van der Waals surface area contributed by atoms with Crippen LogP contribution in [0.3, 0.4) is 0 Å². The summed E-state index contributed by atoms with van der Waals surface area (Å²) in [6.07, 6.45) is 73.4. The molecule has 0 spiro atoms. The van der Waals surface area contributed by atoms with Gasteiger partial charge in [0.05, 0.1) is 0 Å². The third kappa shape index (κ3) is 58.8. The van der Waals surface area contributed by atoms with E-state index < -0.39 is 6.10 Å². The Balaban J connectivity index is 4.16. The minimum atomic E-state index is -0.776. The maximum Gasteiger partial charge on any atom is 0.306 e. The highest BCUT2D eigenvalue weighted by molar-refractivity contribution is 5.71. The Bertz CT molecular complexity index is 1160. The topological polar surface area (TPSA) is 78.9 Å². The smallest absolute Gasteiger partial charge is 0.306 e. The molecule has 0 aromatic heterocycles. The maximum atomic E-state index is 12.9.